The monoisotopic (exact) mass is 433 g/mol. The third-order valence-electron chi connectivity index (χ3n) is 9.34. The fourth-order valence-corrected chi connectivity index (χ4v) is 8.03. The summed E-state index contributed by atoms with van der Waals surface area (Å²) in [6, 6.07) is 9.49. The number of aromatic hydroxyl groups is 1. The number of ketones is 1. The molecule has 3 aliphatic carbocycles. The highest BCUT2D eigenvalue weighted by molar-refractivity contribution is 5.96. The van der Waals surface area contributed by atoms with E-state index in [1.165, 1.54) is 0 Å². The molecule has 2 spiro atoms. The van der Waals surface area contributed by atoms with Crippen molar-refractivity contribution in [2.45, 2.75) is 55.3 Å². The van der Waals surface area contributed by atoms with Crippen molar-refractivity contribution in [2.75, 3.05) is 20.7 Å². The molecule has 32 heavy (non-hydrogen) atoms. The van der Waals surface area contributed by atoms with Crippen LogP contribution in [0.1, 0.15) is 35.1 Å². The Kier molecular flexibility index (Phi) is 3.36. The zero-order valence-corrected chi connectivity index (χ0v) is 18.4. The van der Waals surface area contributed by atoms with Crippen LogP contribution in [-0.2, 0) is 29.5 Å². The van der Waals surface area contributed by atoms with E-state index in [2.05, 4.69) is 18.0 Å². The van der Waals surface area contributed by atoms with Crippen molar-refractivity contribution in [2.24, 2.45) is 5.41 Å². The maximum Gasteiger partial charge on any atom is 0.181 e. The minimum Gasteiger partial charge on any atom is -0.504 e. The van der Waals surface area contributed by atoms with Gasteiger partial charge in [-0.25, -0.2) is 0 Å². The number of methoxy groups -OCH3 is 1. The van der Waals surface area contributed by atoms with Crippen molar-refractivity contribution in [1.29, 1.82) is 0 Å². The van der Waals surface area contributed by atoms with Crippen LogP contribution in [0.2, 0.25) is 0 Å². The first-order valence-corrected chi connectivity index (χ1v) is 11.5. The summed E-state index contributed by atoms with van der Waals surface area (Å²) in [5.74, 6) is 1.33. The zero-order chi connectivity index (χ0) is 22.0. The molecule has 1 saturated carbocycles. The van der Waals surface area contributed by atoms with Gasteiger partial charge in [0.15, 0.2) is 23.4 Å². The van der Waals surface area contributed by atoms with Gasteiger partial charge in [-0.15, -0.1) is 0 Å². The second kappa shape index (κ2) is 5.67. The average Bonchev–Trinajstić information content (AvgIpc) is 3.32. The van der Waals surface area contributed by atoms with Gasteiger partial charge in [-0.05, 0) is 74.5 Å². The van der Waals surface area contributed by atoms with Gasteiger partial charge in [-0.2, -0.15) is 0 Å². The van der Waals surface area contributed by atoms with Gasteiger partial charge in [-0.1, -0.05) is 18.2 Å². The summed E-state index contributed by atoms with van der Waals surface area (Å²) in [7, 11) is 3.73. The molecule has 1 saturated heterocycles. The Morgan fingerprint density at radius 1 is 1.19 bits per heavy atom. The molecule has 6 nitrogen and oxygen atoms in total. The highest BCUT2D eigenvalue weighted by Crippen LogP contribution is 2.68. The van der Waals surface area contributed by atoms with Gasteiger partial charge in [0, 0.05) is 17.0 Å². The molecule has 0 radical (unpaired) electrons. The van der Waals surface area contributed by atoms with Crippen LogP contribution in [0.25, 0.3) is 0 Å². The number of ether oxygens (including phenoxy) is 2. The standard InChI is InChI=1S/C26H27NO5/c1-27-9-8-25-20-14-6-7-17(28)21(20)32-23(25)22(29)24(13-26(25,30)19(27)10-14)11-15-4-3-5-18(31-2)16(15)12-24/h3-7,19,23,28,30H,8-13H2,1-2H3/t19-,23+,24?,25+,26-/m1/s1. The Bertz CT molecular complexity index is 1210. The molecule has 2 N–H and O–H groups in total. The number of fused-ring (bicyclic) bond motifs is 1. The van der Waals surface area contributed by atoms with E-state index in [0.29, 0.717) is 37.9 Å². The second-order valence-electron chi connectivity index (χ2n) is 10.6. The summed E-state index contributed by atoms with van der Waals surface area (Å²) in [4.78, 5) is 16.6. The number of benzene rings is 2. The number of piperidine rings is 1. The van der Waals surface area contributed by atoms with Crippen molar-refractivity contribution in [3.63, 3.8) is 0 Å². The Balaban J connectivity index is 1.45. The first kappa shape index (κ1) is 18.9. The number of nitrogens with zero attached hydrogens (tertiary/aromatic N) is 1. The van der Waals surface area contributed by atoms with Crippen LogP contribution >= 0.6 is 0 Å². The maximum absolute atomic E-state index is 14.3. The number of aliphatic hydroxyl groups is 1. The van der Waals surface area contributed by atoms with E-state index in [4.69, 9.17) is 9.47 Å². The SMILES string of the molecule is COc1cccc2c1CC1(C2)C[C@@]2(O)[C@H]3Cc4ccc(O)c5c4[C@@]2(CCN3C)[C@@H](O5)C1=O. The number of rotatable bonds is 1. The van der Waals surface area contributed by atoms with E-state index >= 15 is 0 Å². The van der Waals surface area contributed by atoms with Crippen LogP contribution in [0, 0.1) is 5.41 Å². The molecule has 6 heteroatoms. The molecule has 5 aliphatic rings. The molecule has 2 aromatic rings. The molecule has 2 aromatic carbocycles. The predicted octanol–water partition coefficient (Wildman–Crippen LogP) is 2.15. The highest BCUT2D eigenvalue weighted by Gasteiger charge is 2.77. The van der Waals surface area contributed by atoms with Crippen LogP contribution in [0.4, 0.5) is 0 Å². The summed E-state index contributed by atoms with van der Waals surface area (Å²) in [6.07, 6.45) is 2.09. The van der Waals surface area contributed by atoms with Crippen LogP contribution in [0.15, 0.2) is 30.3 Å². The van der Waals surface area contributed by atoms with Crippen LogP contribution < -0.4 is 9.47 Å². The summed E-state index contributed by atoms with van der Waals surface area (Å²) >= 11 is 0. The third-order valence-corrected chi connectivity index (χ3v) is 9.34. The van der Waals surface area contributed by atoms with Gasteiger partial charge in [0.25, 0.3) is 0 Å². The molecule has 0 amide bonds. The molecule has 166 valence electrons. The van der Waals surface area contributed by atoms with Crippen LogP contribution in [0.3, 0.4) is 0 Å². The number of hydrogen-bond donors (Lipinski definition) is 2. The van der Waals surface area contributed by atoms with E-state index in [-0.39, 0.29) is 17.6 Å². The van der Waals surface area contributed by atoms with E-state index in [0.717, 1.165) is 34.5 Å². The number of carbonyl (C=O) groups is 1. The molecule has 2 heterocycles. The van der Waals surface area contributed by atoms with Gasteiger partial charge in [0.2, 0.25) is 0 Å². The lowest BCUT2D eigenvalue weighted by Gasteiger charge is -2.64. The van der Waals surface area contributed by atoms with E-state index < -0.39 is 22.5 Å². The largest absolute Gasteiger partial charge is 0.504 e. The normalized spacial score (nSPS) is 38.4. The minimum absolute atomic E-state index is 0.0606. The molecule has 5 atom stereocenters. The number of hydrogen-bond acceptors (Lipinski definition) is 6. The lowest BCUT2D eigenvalue weighted by atomic mass is 9.44. The first-order valence-electron chi connectivity index (χ1n) is 11.5. The van der Waals surface area contributed by atoms with Gasteiger partial charge in [0.1, 0.15) is 5.75 Å². The van der Waals surface area contributed by atoms with Crippen molar-refractivity contribution >= 4 is 5.78 Å². The van der Waals surface area contributed by atoms with Gasteiger partial charge in [-0.3, -0.25) is 4.79 Å². The lowest BCUT2D eigenvalue weighted by molar-refractivity contribution is -0.206. The number of carbonyl (C=O) groups excluding carboxylic acids is 1. The van der Waals surface area contributed by atoms with E-state index in [1.807, 2.05) is 18.2 Å². The zero-order valence-electron chi connectivity index (χ0n) is 18.4. The van der Waals surface area contributed by atoms with Gasteiger partial charge < -0.3 is 24.6 Å². The quantitative estimate of drug-likeness (QED) is 0.718. The van der Waals surface area contributed by atoms with Crippen molar-refractivity contribution in [3.05, 3.63) is 52.6 Å². The molecule has 2 bridgehead atoms. The summed E-state index contributed by atoms with van der Waals surface area (Å²) in [5, 5.41) is 23.3. The number of Topliss-reactive ketones (excluding diaryl/α,β-unsaturated/α-hetero) is 1. The average molecular weight is 434 g/mol. The van der Waals surface area contributed by atoms with Crippen molar-refractivity contribution < 1.29 is 24.5 Å². The summed E-state index contributed by atoms with van der Waals surface area (Å²) in [6.45, 7) is 0.787. The van der Waals surface area contributed by atoms with E-state index in [1.54, 1.807) is 13.2 Å². The molecule has 0 aromatic heterocycles. The highest BCUT2D eigenvalue weighted by atomic mass is 16.5. The van der Waals surface area contributed by atoms with Crippen molar-refractivity contribution in [1.82, 2.24) is 4.90 Å². The fourth-order valence-electron chi connectivity index (χ4n) is 8.03. The van der Waals surface area contributed by atoms with Crippen LogP contribution in [0.5, 0.6) is 17.2 Å². The number of likely N-dealkylation sites (N-methyl/N-ethyl adjacent to an activating group) is 1. The minimum atomic E-state index is -1.11. The fraction of sp³-hybridized carbons (Fsp3) is 0.500. The number of likely N-dealkylation sites (tertiary alicyclic amines) is 1. The first-order chi connectivity index (χ1) is 15.3. The van der Waals surface area contributed by atoms with Crippen molar-refractivity contribution in [3.8, 4) is 17.2 Å². The molecule has 2 aliphatic heterocycles. The number of phenolic OH excluding ortho intramolecular Hbond substituents is 1. The Labute approximate surface area is 186 Å². The second-order valence-corrected chi connectivity index (χ2v) is 10.6. The van der Waals surface area contributed by atoms with E-state index in [9.17, 15) is 15.0 Å². The lowest BCUT2D eigenvalue weighted by Crippen LogP contribution is -2.79. The molecular formula is C26H27NO5. The molecule has 2 fully saturated rings. The number of phenols is 1. The smallest absolute Gasteiger partial charge is 0.181 e. The van der Waals surface area contributed by atoms with Gasteiger partial charge in [0.05, 0.1) is 18.1 Å². The Hall–Kier alpha value is -2.57. The summed E-state index contributed by atoms with van der Waals surface area (Å²) < 4.78 is 12.0. The predicted molar refractivity (Wildman–Crippen MR) is 116 cm³/mol. The topological polar surface area (TPSA) is 79.2 Å². The summed E-state index contributed by atoms with van der Waals surface area (Å²) in [5.41, 5.74) is 1.51. The Morgan fingerprint density at radius 3 is 2.84 bits per heavy atom. The van der Waals surface area contributed by atoms with Gasteiger partial charge >= 0.3 is 0 Å². The molecular weight excluding hydrogens is 406 g/mol. The molecule has 1 unspecified atom stereocenters. The molecule has 7 rings (SSSR count). The Morgan fingerprint density at radius 2 is 2.03 bits per heavy atom. The van der Waals surface area contributed by atoms with Crippen LogP contribution in [-0.4, -0.2) is 59.3 Å². The third kappa shape index (κ3) is 1.86. The maximum atomic E-state index is 14.3.